The summed E-state index contributed by atoms with van der Waals surface area (Å²) in [6.07, 6.45) is 2.79. The number of aromatic amines is 1. The SMILES string of the molecule is Nc1nc(NC2CCN(S(=O)(=O)c3ccc4c(c3)OCCO4)c3ccccc3C2)c2cn[nH]c2n1. The van der Waals surface area contributed by atoms with E-state index in [-0.39, 0.29) is 23.4 Å². The van der Waals surface area contributed by atoms with Crippen LogP contribution in [0.15, 0.2) is 53.6 Å². The van der Waals surface area contributed by atoms with E-state index in [4.69, 9.17) is 15.2 Å². The van der Waals surface area contributed by atoms with Gasteiger partial charge in [-0.1, -0.05) is 18.2 Å². The summed E-state index contributed by atoms with van der Waals surface area (Å²) in [4.78, 5) is 8.66. The highest BCUT2D eigenvalue weighted by Crippen LogP contribution is 2.36. The van der Waals surface area contributed by atoms with Gasteiger partial charge in [-0.2, -0.15) is 15.1 Å². The van der Waals surface area contributed by atoms with Gasteiger partial charge in [0.15, 0.2) is 17.1 Å². The number of para-hydroxylation sites is 1. The summed E-state index contributed by atoms with van der Waals surface area (Å²) in [5.74, 6) is 1.67. The molecule has 0 amide bonds. The van der Waals surface area contributed by atoms with Crippen molar-refractivity contribution in [1.29, 1.82) is 0 Å². The summed E-state index contributed by atoms with van der Waals surface area (Å²) in [5, 5.41) is 11.0. The number of fused-ring (bicyclic) bond motifs is 3. The number of hydrogen-bond acceptors (Lipinski definition) is 9. The molecule has 11 nitrogen and oxygen atoms in total. The number of sulfonamides is 1. The van der Waals surface area contributed by atoms with Crippen LogP contribution in [0.1, 0.15) is 12.0 Å². The molecule has 0 saturated heterocycles. The van der Waals surface area contributed by atoms with Gasteiger partial charge in [-0.3, -0.25) is 9.40 Å². The summed E-state index contributed by atoms with van der Waals surface area (Å²) >= 11 is 0. The number of nitrogen functional groups attached to an aromatic ring is 1. The highest BCUT2D eigenvalue weighted by atomic mass is 32.2. The maximum Gasteiger partial charge on any atom is 0.264 e. The zero-order valence-corrected chi connectivity index (χ0v) is 19.5. The molecule has 4 heterocycles. The van der Waals surface area contributed by atoms with Crippen LogP contribution in [-0.2, 0) is 16.4 Å². The molecular formula is C23H23N7O4S. The first-order valence-electron chi connectivity index (χ1n) is 11.2. The van der Waals surface area contributed by atoms with E-state index in [1.165, 1.54) is 10.4 Å². The van der Waals surface area contributed by atoms with E-state index in [9.17, 15) is 8.42 Å². The van der Waals surface area contributed by atoms with E-state index in [1.807, 2.05) is 24.3 Å². The fourth-order valence-corrected chi connectivity index (χ4v) is 6.06. The van der Waals surface area contributed by atoms with Crippen molar-refractivity contribution in [3.8, 4) is 11.5 Å². The Morgan fingerprint density at radius 1 is 1.09 bits per heavy atom. The molecule has 0 fully saturated rings. The first-order chi connectivity index (χ1) is 17.0. The second kappa shape index (κ2) is 8.31. The maximum atomic E-state index is 13.8. The Kier molecular flexibility index (Phi) is 5.10. The van der Waals surface area contributed by atoms with Gasteiger partial charge in [-0.25, -0.2) is 8.42 Å². The third-order valence-electron chi connectivity index (χ3n) is 6.18. The van der Waals surface area contributed by atoms with Crippen molar-refractivity contribution in [3.05, 3.63) is 54.2 Å². The van der Waals surface area contributed by atoms with Crippen molar-refractivity contribution in [1.82, 2.24) is 20.2 Å². The molecule has 0 aliphatic carbocycles. The largest absolute Gasteiger partial charge is 0.486 e. The number of aromatic nitrogens is 4. The van der Waals surface area contributed by atoms with Crippen molar-refractivity contribution in [3.63, 3.8) is 0 Å². The van der Waals surface area contributed by atoms with Crippen LogP contribution in [0.25, 0.3) is 11.0 Å². The fraction of sp³-hybridized carbons (Fsp3) is 0.261. The number of benzene rings is 2. The average Bonchev–Trinajstić information content (AvgIpc) is 3.25. The van der Waals surface area contributed by atoms with Crippen LogP contribution in [0.3, 0.4) is 0 Å². The smallest absolute Gasteiger partial charge is 0.264 e. The molecule has 0 bridgehead atoms. The number of rotatable bonds is 4. The summed E-state index contributed by atoms with van der Waals surface area (Å²) in [7, 11) is -3.85. The minimum Gasteiger partial charge on any atom is -0.486 e. The van der Waals surface area contributed by atoms with E-state index in [0.717, 1.165) is 10.9 Å². The topological polar surface area (TPSA) is 148 Å². The van der Waals surface area contributed by atoms with E-state index < -0.39 is 10.0 Å². The summed E-state index contributed by atoms with van der Waals surface area (Å²) in [5.41, 5.74) is 7.98. The molecule has 2 aromatic heterocycles. The van der Waals surface area contributed by atoms with Gasteiger partial charge in [-0.15, -0.1) is 0 Å². The number of H-pyrrole nitrogens is 1. The quantitative estimate of drug-likeness (QED) is 0.389. The van der Waals surface area contributed by atoms with Crippen molar-refractivity contribution in [2.24, 2.45) is 0 Å². The lowest BCUT2D eigenvalue weighted by Crippen LogP contribution is -2.33. The third kappa shape index (κ3) is 3.85. The molecule has 1 unspecified atom stereocenters. The highest BCUT2D eigenvalue weighted by Gasteiger charge is 2.32. The molecule has 0 radical (unpaired) electrons. The molecule has 1 atom stereocenters. The molecule has 2 aliphatic heterocycles. The third-order valence-corrected chi connectivity index (χ3v) is 7.99. The predicted molar refractivity (Wildman–Crippen MR) is 130 cm³/mol. The first kappa shape index (κ1) is 21.5. The molecule has 12 heteroatoms. The van der Waals surface area contributed by atoms with E-state index >= 15 is 0 Å². The van der Waals surface area contributed by atoms with Crippen LogP contribution in [0.5, 0.6) is 11.5 Å². The van der Waals surface area contributed by atoms with Crippen LogP contribution in [0.2, 0.25) is 0 Å². The van der Waals surface area contributed by atoms with Crippen LogP contribution in [-0.4, -0.2) is 54.4 Å². The number of ether oxygens (including phenoxy) is 2. The van der Waals surface area contributed by atoms with Crippen molar-refractivity contribution < 1.29 is 17.9 Å². The molecule has 4 N–H and O–H groups in total. The molecule has 4 aromatic rings. The average molecular weight is 494 g/mol. The zero-order chi connectivity index (χ0) is 24.0. The van der Waals surface area contributed by atoms with E-state index in [2.05, 4.69) is 25.5 Å². The van der Waals surface area contributed by atoms with Gasteiger partial charge >= 0.3 is 0 Å². The second-order valence-corrected chi connectivity index (χ2v) is 10.3. The van der Waals surface area contributed by atoms with Crippen molar-refractivity contribution >= 4 is 38.5 Å². The number of hydrogen-bond donors (Lipinski definition) is 3. The van der Waals surface area contributed by atoms with E-state index in [0.29, 0.717) is 54.7 Å². The highest BCUT2D eigenvalue weighted by molar-refractivity contribution is 7.92. The van der Waals surface area contributed by atoms with Crippen LogP contribution < -0.4 is 24.8 Å². The Labute approximate surface area is 201 Å². The molecule has 180 valence electrons. The number of nitrogens with one attached hydrogen (secondary N) is 2. The minimum atomic E-state index is -3.85. The molecular weight excluding hydrogens is 470 g/mol. The fourth-order valence-electron chi connectivity index (χ4n) is 4.53. The van der Waals surface area contributed by atoms with Gasteiger partial charge in [0.2, 0.25) is 5.95 Å². The van der Waals surface area contributed by atoms with Crippen molar-refractivity contribution in [2.75, 3.05) is 35.1 Å². The van der Waals surface area contributed by atoms with Crippen molar-refractivity contribution in [2.45, 2.75) is 23.8 Å². The molecule has 6 rings (SSSR count). The number of nitrogens with two attached hydrogens (primary N) is 1. The Morgan fingerprint density at radius 2 is 1.91 bits per heavy atom. The Hall–Kier alpha value is -4.06. The molecule has 0 saturated carbocycles. The summed E-state index contributed by atoms with van der Waals surface area (Å²) < 4.78 is 40.2. The lowest BCUT2D eigenvalue weighted by Gasteiger charge is -2.25. The lowest BCUT2D eigenvalue weighted by atomic mass is 10.0. The molecule has 2 aliphatic rings. The normalized spacial score (nSPS) is 17.6. The van der Waals surface area contributed by atoms with Gasteiger partial charge in [0.1, 0.15) is 19.0 Å². The summed E-state index contributed by atoms with van der Waals surface area (Å²) in [6, 6.07) is 12.2. The number of nitrogens with zero attached hydrogens (tertiary/aromatic N) is 4. The van der Waals surface area contributed by atoms with Crippen LogP contribution in [0, 0.1) is 0 Å². The van der Waals surface area contributed by atoms with Gasteiger partial charge in [0, 0.05) is 18.7 Å². The van der Waals surface area contributed by atoms with Gasteiger partial charge in [0.05, 0.1) is 22.2 Å². The van der Waals surface area contributed by atoms with Crippen LogP contribution in [0.4, 0.5) is 17.5 Å². The monoisotopic (exact) mass is 493 g/mol. The maximum absolute atomic E-state index is 13.8. The molecule has 35 heavy (non-hydrogen) atoms. The molecule has 0 spiro atoms. The zero-order valence-electron chi connectivity index (χ0n) is 18.6. The minimum absolute atomic E-state index is 0.0935. The standard InChI is InChI=1S/C23H23N7O4S/c24-23-27-21(17-13-25-29-22(17)28-23)26-15-7-8-30(18-4-2-1-3-14(18)11-15)35(31,32)16-5-6-19-20(12-16)34-10-9-33-19/h1-6,12-13,15H,7-11H2,(H4,24,25,26,27,28,29). The first-order valence-corrected chi connectivity index (χ1v) is 12.7. The van der Waals surface area contributed by atoms with Gasteiger partial charge < -0.3 is 20.5 Å². The summed E-state index contributed by atoms with van der Waals surface area (Å²) in [6.45, 7) is 1.10. The molecule has 2 aromatic carbocycles. The van der Waals surface area contributed by atoms with Gasteiger partial charge in [0.25, 0.3) is 10.0 Å². The van der Waals surface area contributed by atoms with Crippen LogP contribution >= 0.6 is 0 Å². The Morgan fingerprint density at radius 3 is 2.80 bits per heavy atom. The second-order valence-electron chi connectivity index (χ2n) is 8.41. The Bertz CT molecular complexity index is 1520. The lowest BCUT2D eigenvalue weighted by molar-refractivity contribution is 0.171. The number of anilines is 3. The predicted octanol–water partition coefficient (Wildman–Crippen LogP) is 2.33. The van der Waals surface area contributed by atoms with E-state index in [1.54, 1.807) is 18.3 Å². The Balaban J connectivity index is 1.34. The van der Waals surface area contributed by atoms with Gasteiger partial charge in [-0.05, 0) is 36.6 Å².